The van der Waals surface area contributed by atoms with Crippen LogP contribution in [0.4, 0.5) is 0 Å². The van der Waals surface area contributed by atoms with Crippen LogP contribution < -0.4 is 0 Å². The van der Waals surface area contributed by atoms with Crippen molar-refractivity contribution in [1.29, 1.82) is 0 Å². The quantitative estimate of drug-likeness (QED) is 0.261. The van der Waals surface area contributed by atoms with E-state index in [2.05, 4.69) is 38.8 Å². The minimum Gasteiger partial charge on any atom is -0.534 e. The third-order valence-electron chi connectivity index (χ3n) is 7.16. The van der Waals surface area contributed by atoms with Gasteiger partial charge in [0.2, 0.25) is 0 Å². The zero-order valence-corrected chi connectivity index (χ0v) is 22.4. The highest BCUT2D eigenvalue weighted by atomic mass is 35.5. The number of fused-ring (bicyclic) bond motifs is 1. The second-order valence-corrected chi connectivity index (χ2v) is 15.7. The first-order chi connectivity index (χ1) is 15.4. The van der Waals surface area contributed by atoms with E-state index < -0.39 is 20.0 Å². The van der Waals surface area contributed by atoms with Crippen molar-refractivity contribution in [3.05, 3.63) is 69.7 Å². The highest BCUT2D eigenvalue weighted by Crippen LogP contribution is 2.65. The average Bonchev–Trinajstić information content (AvgIpc) is 3.41. The highest BCUT2D eigenvalue weighted by molar-refractivity contribution is 6.75. The van der Waals surface area contributed by atoms with Crippen molar-refractivity contribution in [2.24, 2.45) is 4.99 Å². The summed E-state index contributed by atoms with van der Waals surface area (Å²) in [6, 6.07) is 14.9. The van der Waals surface area contributed by atoms with E-state index in [0.29, 0.717) is 22.4 Å². The van der Waals surface area contributed by atoms with Crippen LogP contribution in [-0.4, -0.2) is 37.7 Å². The molecule has 2 heterocycles. The number of rotatable bonds is 4. The maximum atomic E-state index is 13.4. The van der Waals surface area contributed by atoms with Crippen molar-refractivity contribution in [2.45, 2.75) is 63.1 Å². The summed E-state index contributed by atoms with van der Waals surface area (Å²) >= 11 is 13.2. The number of benzene rings is 2. The number of hydrogen-bond donors (Lipinski definition) is 0. The van der Waals surface area contributed by atoms with Gasteiger partial charge in [0, 0.05) is 15.6 Å². The number of carbonyl (C=O) groups excluding carboxylic acids is 1. The number of aliphatic imine (C=N–C) groups is 1. The third-order valence-corrected chi connectivity index (χ3v) is 12.2. The summed E-state index contributed by atoms with van der Waals surface area (Å²) < 4.78 is 12.0. The predicted molar refractivity (Wildman–Crippen MR) is 135 cm³/mol. The van der Waals surface area contributed by atoms with Crippen molar-refractivity contribution in [3.8, 4) is 0 Å². The van der Waals surface area contributed by atoms with Gasteiger partial charge in [0.1, 0.15) is 6.17 Å². The Kier molecular flexibility index (Phi) is 6.19. The molecule has 4 rings (SSSR count). The maximum absolute atomic E-state index is 13.4. The molecule has 0 spiro atoms. The molecule has 5 nitrogen and oxygen atoms in total. The first-order valence-corrected chi connectivity index (χ1v) is 14.7. The van der Waals surface area contributed by atoms with Crippen LogP contribution in [0.1, 0.15) is 50.5 Å². The molecule has 4 atom stereocenters. The van der Waals surface area contributed by atoms with Crippen LogP contribution in [0, 0.1) is 0 Å². The van der Waals surface area contributed by atoms with Gasteiger partial charge < -0.3 is 9.16 Å². The molecule has 2 aromatic carbocycles. The Bertz CT molecular complexity index is 1080. The van der Waals surface area contributed by atoms with E-state index in [1.807, 2.05) is 30.3 Å². The van der Waals surface area contributed by atoms with Crippen LogP contribution in [0.3, 0.4) is 0 Å². The van der Waals surface area contributed by atoms with Gasteiger partial charge in [0.05, 0.1) is 19.6 Å². The van der Waals surface area contributed by atoms with Crippen LogP contribution in [0.25, 0.3) is 0 Å². The largest absolute Gasteiger partial charge is 0.534 e. The maximum Gasteiger partial charge on any atom is 0.328 e. The van der Waals surface area contributed by atoms with Gasteiger partial charge in [-0.3, -0.25) is 4.90 Å². The number of halogens is 2. The lowest BCUT2D eigenvalue weighted by Crippen LogP contribution is -2.46. The molecule has 8 heteroatoms. The highest BCUT2D eigenvalue weighted by Gasteiger charge is 2.74. The first-order valence-electron chi connectivity index (χ1n) is 11.1. The van der Waals surface area contributed by atoms with Crippen molar-refractivity contribution >= 4 is 43.4 Å². The van der Waals surface area contributed by atoms with E-state index in [1.165, 1.54) is 7.11 Å². The second kappa shape index (κ2) is 8.42. The SMILES string of the molecule is COC(=O)[C@]12CC(O[Si](C)(C)C(C)(C)C)=N[C@@H](c3ccccc3)N1[C@@H]2c1c(Cl)cccc1Cl. The van der Waals surface area contributed by atoms with E-state index in [0.717, 1.165) is 11.1 Å². The molecule has 1 fully saturated rings. The van der Waals surface area contributed by atoms with Gasteiger partial charge in [-0.2, -0.15) is 0 Å². The van der Waals surface area contributed by atoms with Crippen LogP contribution in [0.5, 0.6) is 0 Å². The molecule has 1 saturated heterocycles. The lowest BCUT2D eigenvalue weighted by atomic mass is 9.95. The summed E-state index contributed by atoms with van der Waals surface area (Å²) in [4.78, 5) is 20.5. The molecule has 0 saturated carbocycles. The Balaban J connectivity index is 1.86. The van der Waals surface area contributed by atoms with E-state index in [1.54, 1.807) is 18.2 Å². The molecule has 0 aromatic heterocycles. The normalized spacial score (nSPS) is 26.8. The number of carbonyl (C=O) groups is 1. The van der Waals surface area contributed by atoms with Gasteiger partial charge in [0.25, 0.3) is 8.32 Å². The van der Waals surface area contributed by atoms with Gasteiger partial charge in [-0.15, -0.1) is 0 Å². The van der Waals surface area contributed by atoms with E-state index in [-0.39, 0.29) is 17.0 Å². The lowest BCUT2D eigenvalue weighted by molar-refractivity contribution is -0.145. The number of ether oxygens (including phenoxy) is 1. The topological polar surface area (TPSA) is 50.9 Å². The zero-order chi connectivity index (χ0) is 24.2. The van der Waals surface area contributed by atoms with Crippen molar-refractivity contribution in [1.82, 2.24) is 4.90 Å². The molecule has 0 N–H and O–H groups in total. The third kappa shape index (κ3) is 4.01. The molecule has 1 unspecified atom stereocenters. The minimum atomic E-state index is -2.19. The molecule has 176 valence electrons. The second-order valence-electron chi connectivity index (χ2n) is 10.2. The first kappa shape index (κ1) is 24.3. The van der Waals surface area contributed by atoms with Gasteiger partial charge in [-0.25, -0.2) is 9.79 Å². The predicted octanol–water partition coefficient (Wildman–Crippen LogP) is 6.78. The van der Waals surface area contributed by atoms with Crippen LogP contribution >= 0.6 is 23.2 Å². The fraction of sp³-hybridized carbons (Fsp3) is 0.440. The summed E-state index contributed by atoms with van der Waals surface area (Å²) in [6.07, 6.45) is -0.113. The molecule has 0 aliphatic carbocycles. The van der Waals surface area contributed by atoms with Gasteiger partial charge in [-0.05, 0) is 35.8 Å². The molecule has 2 aliphatic rings. The molecule has 2 aliphatic heterocycles. The van der Waals surface area contributed by atoms with E-state index >= 15 is 0 Å². The lowest BCUT2D eigenvalue weighted by Gasteiger charge is -2.38. The molecule has 33 heavy (non-hydrogen) atoms. The molecule has 2 aromatic rings. The molecular weight excluding hydrogens is 475 g/mol. The van der Waals surface area contributed by atoms with Crippen LogP contribution in [-0.2, 0) is 14.0 Å². The Hall–Kier alpha value is -1.86. The Morgan fingerprint density at radius 1 is 1.09 bits per heavy atom. The fourth-order valence-corrected chi connectivity index (χ4v) is 5.99. The zero-order valence-electron chi connectivity index (χ0n) is 19.9. The fourth-order valence-electron chi connectivity index (χ4n) is 4.36. The van der Waals surface area contributed by atoms with Crippen molar-refractivity contribution < 1.29 is 14.0 Å². The number of methoxy groups -OCH3 is 1. The minimum absolute atomic E-state index is 0.0116. The monoisotopic (exact) mass is 504 g/mol. The number of hydrogen-bond acceptors (Lipinski definition) is 5. The Labute approximate surface area is 206 Å². The average molecular weight is 506 g/mol. The van der Waals surface area contributed by atoms with Crippen molar-refractivity contribution in [3.63, 3.8) is 0 Å². The number of nitrogens with zero attached hydrogens (tertiary/aromatic N) is 2. The Morgan fingerprint density at radius 2 is 1.70 bits per heavy atom. The van der Waals surface area contributed by atoms with Crippen molar-refractivity contribution in [2.75, 3.05) is 7.11 Å². The summed E-state index contributed by atoms with van der Waals surface area (Å²) in [6.45, 7) is 10.9. The molecule has 0 bridgehead atoms. The van der Waals surface area contributed by atoms with E-state index in [9.17, 15) is 4.79 Å². The van der Waals surface area contributed by atoms with Crippen LogP contribution in [0.2, 0.25) is 28.2 Å². The summed E-state index contributed by atoms with van der Waals surface area (Å²) in [5.74, 6) is 0.249. The summed E-state index contributed by atoms with van der Waals surface area (Å²) in [5, 5.41) is 1.02. The van der Waals surface area contributed by atoms with Crippen LogP contribution in [0.15, 0.2) is 53.5 Å². The van der Waals surface area contributed by atoms with Gasteiger partial charge in [0.15, 0.2) is 11.4 Å². The standard InChI is InChI=1S/C25H30Cl2N2O3Si/c1-24(2,3)33(5,6)32-19-15-25(23(30)31-4)21(20-17(26)13-10-14-18(20)27)29(25)22(28-19)16-11-8-7-9-12-16/h7-14,21-22H,15H2,1-6H3/t21-,22-,25-,29?/m1/s1. The van der Waals surface area contributed by atoms with Gasteiger partial charge >= 0.3 is 5.97 Å². The molecule has 0 amide bonds. The molecule has 0 radical (unpaired) electrons. The summed E-state index contributed by atoms with van der Waals surface area (Å²) in [7, 11) is -0.775. The Morgan fingerprint density at radius 3 is 2.24 bits per heavy atom. The van der Waals surface area contributed by atoms with E-state index in [4.69, 9.17) is 37.4 Å². The smallest absolute Gasteiger partial charge is 0.328 e. The van der Waals surface area contributed by atoms with Gasteiger partial charge in [-0.1, -0.05) is 80.4 Å². The summed E-state index contributed by atoms with van der Waals surface area (Å²) in [5.41, 5.74) is 0.701. The number of esters is 1. The molecular formula is C25H30Cl2N2O3Si.